The summed E-state index contributed by atoms with van der Waals surface area (Å²) in [7, 11) is 1.28. The summed E-state index contributed by atoms with van der Waals surface area (Å²) in [5.74, 6) is 0.450. The Labute approximate surface area is 211 Å². The van der Waals surface area contributed by atoms with Crippen molar-refractivity contribution >= 4 is 22.7 Å². The molecule has 8 heteroatoms. The lowest BCUT2D eigenvalue weighted by Crippen LogP contribution is -2.52. The molecule has 8 nitrogen and oxygen atoms in total. The van der Waals surface area contributed by atoms with E-state index in [1.54, 1.807) is 0 Å². The molecule has 2 aliphatic carbocycles. The quantitative estimate of drug-likeness (QED) is 0.492. The first-order valence-corrected chi connectivity index (χ1v) is 13.7. The lowest BCUT2D eigenvalue weighted by molar-refractivity contribution is -0.129. The van der Waals surface area contributed by atoms with Gasteiger partial charge in [0, 0.05) is 24.2 Å². The smallest absolute Gasteiger partial charge is 0.360 e. The maximum Gasteiger partial charge on any atom is 0.360 e. The second-order valence-corrected chi connectivity index (χ2v) is 11.4. The number of hydrogen-bond acceptors (Lipinski definition) is 6. The highest BCUT2D eigenvalue weighted by molar-refractivity contribution is 6.41. The van der Waals surface area contributed by atoms with Crippen LogP contribution >= 0.6 is 0 Å². The van der Waals surface area contributed by atoms with Crippen molar-refractivity contribution in [1.82, 2.24) is 14.5 Å². The Bertz CT molecular complexity index is 1210. The number of nitrogens with zero attached hydrogens (tertiary/aromatic N) is 4. The van der Waals surface area contributed by atoms with Crippen LogP contribution in [0.25, 0.3) is 11.0 Å². The molecule has 2 saturated heterocycles. The number of aliphatic carboxylic acids is 1. The molecule has 4 atom stereocenters. The van der Waals surface area contributed by atoms with Crippen LogP contribution in [0.4, 0.5) is 0 Å². The molecule has 0 radical (unpaired) electrons. The molecule has 36 heavy (non-hydrogen) atoms. The predicted octanol–water partition coefficient (Wildman–Crippen LogP) is 4.36. The number of carboxylic acid groups (broad SMARTS) is 1. The average molecular weight is 493 g/mol. The third-order valence-electron chi connectivity index (χ3n) is 9.31. The van der Waals surface area contributed by atoms with Gasteiger partial charge in [-0.2, -0.15) is 0 Å². The fourth-order valence-electron chi connectivity index (χ4n) is 8.05. The zero-order valence-corrected chi connectivity index (χ0v) is 21.0. The Morgan fingerprint density at radius 2 is 1.61 bits per heavy atom. The van der Waals surface area contributed by atoms with Gasteiger partial charge in [-0.3, -0.25) is 9.69 Å². The number of carbonyl (C=O) groups is 1. The van der Waals surface area contributed by atoms with Gasteiger partial charge in [0.1, 0.15) is 7.11 Å². The SMILES string of the molecule is CO/N=C(\C(=O)O)c1nc2ccccc2n(C2C[C@H]3CC[C@H](C2)N3C2C[C@@H]3CCCC[C@@H](C2)C3)c1=O. The maximum atomic E-state index is 13.8. The van der Waals surface area contributed by atoms with Gasteiger partial charge < -0.3 is 14.5 Å². The molecule has 0 spiro atoms. The molecule has 1 aromatic carbocycles. The second kappa shape index (κ2) is 9.61. The van der Waals surface area contributed by atoms with Crippen LogP contribution < -0.4 is 5.56 Å². The fraction of sp³-hybridized carbons (Fsp3) is 0.643. The highest BCUT2D eigenvalue weighted by Gasteiger charge is 2.47. The van der Waals surface area contributed by atoms with Crippen LogP contribution in [-0.4, -0.2) is 56.5 Å². The highest BCUT2D eigenvalue weighted by Crippen LogP contribution is 2.47. The molecule has 2 saturated carbocycles. The van der Waals surface area contributed by atoms with E-state index in [9.17, 15) is 14.7 Å². The number of aromatic nitrogens is 2. The summed E-state index contributed by atoms with van der Waals surface area (Å²) in [5.41, 5.74) is 0.355. The first-order valence-electron chi connectivity index (χ1n) is 13.7. The Kier molecular flexibility index (Phi) is 6.32. The molecule has 6 rings (SSSR count). The molecule has 4 aliphatic rings. The van der Waals surface area contributed by atoms with Gasteiger partial charge in [-0.1, -0.05) is 43.0 Å². The minimum atomic E-state index is -1.32. The van der Waals surface area contributed by atoms with E-state index in [-0.39, 0.29) is 11.7 Å². The number of fused-ring (bicyclic) bond motifs is 5. The summed E-state index contributed by atoms with van der Waals surface area (Å²) < 4.78 is 1.81. The summed E-state index contributed by atoms with van der Waals surface area (Å²) in [5, 5.41) is 13.3. The van der Waals surface area contributed by atoms with Crippen molar-refractivity contribution in [2.24, 2.45) is 17.0 Å². The lowest BCUT2D eigenvalue weighted by Gasteiger charge is -2.48. The van der Waals surface area contributed by atoms with Crippen LogP contribution in [0.5, 0.6) is 0 Å². The molecule has 0 amide bonds. The Balaban J connectivity index is 1.34. The molecule has 2 aliphatic heterocycles. The van der Waals surface area contributed by atoms with Crippen molar-refractivity contribution in [2.75, 3.05) is 7.11 Å². The Morgan fingerprint density at radius 1 is 0.944 bits per heavy atom. The molecule has 192 valence electrons. The number of oxime groups is 1. The van der Waals surface area contributed by atoms with Crippen molar-refractivity contribution in [3.05, 3.63) is 40.3 Å². The van der Waals surface area contributed by atoms with Crippen LogP contribution in [0.15, 0.2) is 34.2 Å². The monoisotopic (exact) mass is 492 g/mol. The molecule has 1 N–H and O–H groups in total. The first-order chi connectivity index (χ1) is 17.5. The van der Waals surface area contributed by atoms with E-state index in [1.807, 2.05) is 28.8 Å². The van der Waals surface area contributed by atoms with E-state index >= 15 is 0 Å². The maximum absolute atomic E-state index is 13.8. The largest absolute Gasteiger partial charge is 0.476 e. The van der Waals surface area contributed by atoms with Crippen molar-refractivity contribution in [3.63, 3.8) is 0 Å². The molecule has 3 heterocycles. The van der Waals surface area contributed by atoms with E-state index in [2.05, 4.69) is 15.0 Å². The molecular formula is C28H36N4O4. The molecule has 0 unspecified atom stereocenters. The number of rotatable bonds is 5. The van der Waals surface area contributed by atoms with E-state index in [0.29, 0.717) is 23.6 Å². The third kappa shape index (κ3) is 4.13. The van der Waals surface area contributed by atoms with E-state index < -0.39 is 17.2 Å². The summed E-state index contributed by atoms with van der Waals surface area (Å²) in [6, 6.07) is 9.17. The van der Waals surface area contributed by atoms with E-state index in [4.69, 9.17) is 4.84 Å². The van der Waals surface area contributed by atoms with Crippen LogP contribution in [0.2, 0.25) is 0 Å². The first kappa shape index (κ1) is 23.6. The molecule has 4 fully saturated rings. The second-order valence-electron chi connectivity index (χ2n) is 11.4. The zero-order valence-electron chi connectivity index (χ0n) is 21.0. The van der Waals surface area contributed by atoms with Crippen molar-refractivity contribution in [2.45, 2.75) is 94.8 Å². The minimum Gasteiger partial charge on any atom is -0.476 e. The van der Waals surface area contributed by atoms with Gasteiger partial charge in [0.15, 0.2) is 5.69 Å². The van der Waals surface area contributed by atoms with Gasteiger partial charge in [0.25, 0.3) is 5.56 Å². The minimum absolute atomic E-state index is 0.0151. The Morgan fingerprint density at radius 3 is 2.25 bits per heavy atom. The predicted molar refractivity (Wildman–Crippen MR) is 137 cm³/mol. The topological polar surface area (TPSA) is 97.0 Å². The van der Waals surface area contributed by atoms with E-state index in [1.165, 1.54) is 64.9 Å². The molecule has 2 aromatic rings. The van der Waals surface area contributed by atoms with Gasteiger partial charge in [-0.25, -0.2) is 9.78 Å². The molecule has 1 aromatic heterocycles. The number of hydrogen-bond donors (Lipinski definition) is 1. The number of benzene rings is 1. The van der Waals surface area contributed by atoms with Crippen LogP contribution in [-0.2, 0) is 9.63 Å². The van der Waals surface area contributed by atoms with Gasteiger partial charge >= 0.3 is 5.97 Å². The number of para-hydroxylation sites is 2. The zero-order chi connectivity index (χ0) is 24.8. The highest BCUT2D eigenvalue weighted by atomic mass is 16.6. The normalized spacial score (nSPS) is 32.9. The number of piperidine rings is 1. The van der Waals surface area contributed by atoms with Crippen LogP contribution in [0, 0.1) is 11.8 Å². The van der Waals surface area contributed by atoms with Gasteiger partial charge in [-0.15, -0.1) is 0 Å². The van der Waals surface area contributed by atoms with Crippen molar-refractivity contribution < 1.29 is 14.7 Å². The van der Waals surface area contributed by atoms with Crippen LogP contribution in [0.3, 0.4) is 0 Å². The van der Waals surface area contributed by atoms with E-state index in [0.717, 1.165) is 30.2 Å². The summed E-state index contributed by atoms with van der Waals surface area (Å²) in [4.78, 5) is 37.7. The molecule has 4 bridgehead atoms. The van der Waals surface area contributed by atoms with Crippen LogP contribution in [0.1, 0.15) is 82.4 Å². The fourth-order valence-corrected chi connectivity index (χ4v) is 8.05. The average Bonchev–Trinajstić information content (AvgIpc) is 3.02. The number of carboxylic acids is 1. The third-order valence-corrected chi connectivity index (χ3v) is 9.31. The van der Waals surface area contributed by atoms with Crippen molar-refractivity contribution in [3.8, 4) is 0 Å². The van der Waals surface area contributed by atoms with Gasteiger partial charge in [0.2, 0.25) is 5.71 Å². The summed E-state index contributed by atoms with van der Waals surface area (Å²) in [6.45, 7) is 0. The van der Waals surface area contributed by atoms with Gasteiger partial charge in [0.05, 0.1) is 11.0 Å². The van der Waals surface area contributed by atoms with Crippen molar-refractivity contribution in [1.29, 1.82) is 0 Å². The lowest BCUT2D eigenvalue weighted by atomic mass is 9.76. The summed E-state index contributed by atoms with van der Waals surface area (Å²) in [6.07, 6.45) is 13.9. The van der Waals surface area contributed by atoms with Gasteiger partial charge in [-0.05, 0) is 68.9 Å². The molecular weight excluding hydrogens is 456 g/mol. The summed E-state index contributed by atoms with van der Waals surface area (Å²) >= 11 is 0. The Hall–Kier alpha value is -2.74. The standard InChI is InChI=1S/C28H36N4O4/c1-36-30-26(28(34)35)25-27(33)32(24-9-5-4-8-23(24)29-25)22-15-19-10-11-20(16-22)31(19)21-13-17-6-2-3-7-18(12-17)14-21/h4-5,8-9,17-22H,2-3,6-7,10-16H2,1H3,(H,34,35)/b30-26-/t17-,18-,19-,20-/m1/s1.